The topological polar surface area (TPSA) is 63.2 Å². The first-order valence-corrected chi connectivity index (χ1v) is 11.8. The molecule has 1 unspecified atom stereocenters. The highest BCUT2D eigenvalue weighted by Crippen LogP contribution is 2.40. The van der Waals surface area contributed by atoms with Gasteiger partial charge in [-0.3, -0.25) is 4.79 Å². The van der Waals surface area contributed by atoms with E-state index in [0.29, 0.717) is 32.8 Å². The molecule has 0 saturated carbocycles. The molecule has 1 aliphatic carbocycles. The van der Waals surface area contributed by atoms with Crippen LogP contribution in [0.15, 0.2) is 42.5 Å². The fourth-order valence-electron chi connectivity index (χ4n) is 4.82. The maximum atomic E-state index is 12.1. The molecule has 1 atom stereocenters. The minimum Gasteiger partial charge on any atom is -0.493 e. The molecule has 0 bridgehead atoms. The Morgan fingerprint density at radius 3 is 2.39 bits per heavy atom. The summed E-state index contributed by atoms with van der Waals surface area (Å²) in [6.07, 6.45) is 2.31. The minimum absolute atomic E-state index is 0.0398. The summed E-state index contributed by atoms with van der Waals surface area (Å²) >= 11 is 0. The second kappa shape index (κ2) is 8.99. The summed E-state index contributed by atoms with van der Waals surface area (Å²) in [7, 11) is 0. The number of rotatable bonds is 9. The van der Waals surface area contributed by atoms with E-state index in [-0.39, 0.29) is 22.9 Å². The van der Waals surface area contributed by atoms with E-state index in [0.717, 1.165) is 43.1 Å². The fourth-order valence-corrected chi connectivity index (χ4v) is 4.82. The van der Waals surface area contributed by atoms with Crippen LogP contribution in [-0.4, -0.2) is 45.6 Å². The summed E-state index contributed by atoms with van der Waals surface area (Å²) in [5.74, 6) is 1.57. The average molecular weight is 453 g/mol. The molecule has 33 heavy (non-hydrogen) atoms. The normalized spacial score (nSPS) is 21.9. The van der Waals surface area contributed by atoms with Crippen LogP contribution in [0.25, 0.3) is 0 Å². The number of aryl methyl sites for hydroxylation is 1. The number of hydrogen-bond acceptors (Lipinski definition) is 6. The summed E-state index contributed by atoms with van der Waals surface area (Å²) in [5, 5.41) is 0. The lowest BCUT2D eigenvalue weighted by Crippen LogP contribution is -2.48. The summed E-state index contributed by atoms with van der Waals surface area (Å²) in [5.41, 5.74) is 3.47. The molecule has 2 aromatic rings. The third kappa shape index (κ3) is 4.59. The molecule has 0 amide bonds. The minimum atomic E-state index is -0.288. The van der Waals surface area contributed by atoms with Crippen LogP contribution >= 0.6 is 0 Å². The molecule has 176 valence electrons. The Bertz CT molecular complexity index is 990. The molecule has 0 radical (unpaired) electrons. The van der Waals surface area contributed by atoms with Gasteiger partial charge in [-0.1, -0.05) is 25.1 Å². The number of esters is 1. The Morgan fingerprint density at radius 1 is 1.03 bits per heavy atom. The van der Waals surface area contributed by atoms with Crippen molar-refractivity contribution in [1.82, 2.24) is 0 Å². The van der Waals surface area contributed by atoms with Crippen LogP contribution < -0.4 is 9.47 Å². The van der Waals surface area contributed by atoms with Crippen LogP contribution in [0.4, 0.5) is 0 Å². The van der Waals surface area contributed by atoms with Crippen molar-refractivity contribution >= 4 is 5.97 Å². The molecule has 6 heteroatoms. The largest absolute Gasteiger partial charge is 0.493 e. The molecule has 2 aliphatic heterocycles. The van der Waals surface area contributed by atoms with Gasteiger partial charge in [0.2, 0.25) is 0 Å². The molecule has 2 saturated heterocycles. The third-order valence-corrected chi connectivity index (χ3v) is 6.92. The van der Waals surface area contributed by atoms with E-state index >= 15 is 0 Å². The Balaban J connectivity index is 1.21. The molecule has 2 fully saturated rings. The Morgan fingerprint density at radius 2 is 1.76 bits per heavy atom. The van der Waals surface area contributed by atoms with Gasteiger partial charge in [0.05, 0.1) is 51.5 Å². The molecule has 0 aromatic heterocycles. The van der Waals surface area contributed by atoms with Crippen LogP contribution in [0.2, 0.25) is 0 Å². The SMILES string of the molecule is CCOC(=O)CC1(c2ccc(OC3CCc4cc(OCC5(C)COC5)ccc43)cc2)COC1. The number of carbonyl (C=O) groups is 1. The van der Waals surface area contributed by atoms with Crippen LogP contribution in [0.5, 0.6) is 11.5 Å². The smallest absolute Gasteiger partial charge is 0.306 e. The van der Waals surface area contributed by atoms with Crippen LogP contribution in [0, 0.1) is 5.41 Å². The summed E-state index contributed by atoms with van der Waals surface area (Å²) in [6.45, 7) is 7.71. The van der Waals surface area contributed by atoms with E-state index in [4.69, 9.17) is 23.7 Å². The molecule has 5 rings (SSSR count). The van der Waals surface area contributed by atoms with Crippen molar-refractivity contribution in [2.75, 3.05) is 39.6 Å². The van der Waals surface area contributed by atoms with Gasteiger partial charge in [0.25, 0.3) is 0 Å². The van der Waals surface area contributed by atoms with Gasteiger partial charge in [0.1, 0.15) is 17.6 Å². The monoisotopic (exact) mass is 452 g/mol. The van der Waals surface area contributed by atoms with Crippen molar-refractivity contribution in [3.8, 4) is 11.5 Å². The molecule has 0 spiro atoms. The first-order valence-electron chi connectivity index (χ1n) is 11.8. The van der Waals surface area contributed by atoms with Gasteiger partial charge in [-0.2, -0.15) is 0 Å². The number of ether oxygens (including phenoxy) is 5. The van der Waals surface area contributed by atoms with E-state index in [1.54, 1.807) is 0 Å². The second-order valence-electron chi connectivity index (χ2n) is 9.88. The standard InChI is InChI=1S/C27H32O6/c1-3-31-25(28)13-27(17-30-18-27)20-5-7-21(8-6-20)33-24-11-4-19-12-22(9-10-23(19)24)32-16-26(2)14-29-15-26/h5-10,12,24H,3-4,11,13-18H2,1-2H3. The lowest BCUT2D eigenvalue weighted by molar-refractivity contribution is -0.151. The van der Waals surface area contributed by atoms with E-state index in [1.807, 2.05) is 25.1 Å². The van der Waals surface area contributed by atoms with Crippen LogP contribution in [0.3, 0.4) is 0 Å². The van der Waals surface area contributed by atoms with Gasteiger partial charge in [-0.15, -0.1) is 0 Å². The number of benzene rings is 2. The van der Waals surface area contributed by atoms with E-state index in [2.05, 4.69) is 31.2 Å². The van der Waals surface area contributed by atoms with Gasteiger partial charge in [0.15, 0.2) is 0 Å². The zero-order valence-electron chi connectivity index (χ0n) is 19.4. The molecule has 6 nitrogen and oxygen atoms in total. The zero-order valence-corrected chi connectivity index (χ0v) is 19.4. The first kappa shape index (κ1) is 22.2. The quantitative estimate of drug-likeness (QED) is 0.526. The molecular formula is C27H32O6. The van der Waals surface area contributed by atoms with Gasteiger partial charge in [0, 0.05) is 5.41 Å². The Kier molecular flexibility index (Phi) is 6.06. The molecule has 2 heterocycles. The zero-order chi connectivity index (χ0) is 22.9. The summed E-state index contributed by atoms with van der Waals surface area (Å²) in [6, 6.07) is 14.4. The van der Waals surface area contributed by atoms with E-state index in [1.165, 1.54) is 11.1 Å². The van der Waals surface area contributed by atoms with Crippen molar-refractivity contribution in [2.45, 2.75) is 44.6 Å². The van der Waals surface area contributed by atoms with Crippen LogP contribution in [0.1, 0.15) is 49.5 Å². The molecule has 3 aliphatic rings. The van der Waals surface area contributed by atoms with Crippen molar-refractivity contribution in [1.29, 1.82) is 0 Å². The Labute approximate surface area is 195 Å². The highest BCUT2D eigenvalue weighted by Gasteiger charge is 2.42. The van der Waals surface area contributed by atoms with E-state index < -0.39 is 0 Å². The predicted octanol–water partition coefficient (Wildman–Crippen LogP) is 4.39. The van der Waals surface area contributed by atoms with Gasteiger partial charge < -0.3 is 23.7 Å². The highest BCUT2D eigenvalue weighted by atomic mass is 16.5. The van der Waals surface area contributed by atoms with Crippen molar-refractivity contribution < 1.29 is 28.5 Å². The Hall–Kier alpha value is -2.57. The predicted molar refractivity (Wildman–Crippen MR) is 123 cm³/mol. The molecular weight excluding hydrogens is 420 g/mol. The lowest BCUT2D eigenvalue weighted by atomic mass is 9.76. The van der Waals surface area contributed by atoms with Gasteiger partial charge in [-0.25, -0.2) is 0 Å². The molecule has 2 aromatic carbocycles. The average Bonchev–Trinajstić information content (AvgIpc) is 3.16. The van der Waals surface area contributed by atoms with E-state index in [9.17, 15) is 4.79 Å². The van der Waals surface area contributed by atoms with Gasteiger partial charge >= 0.3 is 5.97 Å². The summed E-state index contributed by atoms with van der Waals surface area (Å²) in [4.78, 5) is 12.1. The highest BCUT2D eigenvalue weighted by molar-refractivity contribution is 5.72. The van der Waals surface area contributed by atoms with Crippen molar-refractivity contribution in [3.05, 3.63) is 59.2 Å². The second-order valence-corrected chi connectivity index (χ2v) is 9.88. The number of fused-ring (bicyclic) bond motifs is 1. The molecule has 0 N–H and O–H groups in total. The maximum Gasteiger partial charge on any atom is 0.306 e. The van der Waals surface area contributed by atoms with Crippen molar-refractivity contribution in [3.63, 3.8) is 0 Å². The summed E-state index contributed by atoms with van der Waals surface area (Å²) < 4.78 is 28.3. The first-order chi connectivity index (χ1) is 16.0. The number of hydrogen-bond donors (Lipinski definition) is 0. The fraction of sp³-hybridized carbons (Fsp3) is 0.519. The maximum absolute atomic E-state index is 12.1. The lowest BCUT2D eigenvalue weighted by Gasteiger charge is -2.41. The third-order valence-electron chi connectivity index (χ3n) is 6.92. The number of carbonyl (C=O) groups excluding carboxylic acids is 1. The van der Waals surface area contributed by atoms with Gasteiger partial charge in [-0.05, 0) is 60.7 Å². The van der Waals surface area contributed by atoms with Crippen molar-refractivity contribution in [2.24, 2.45) is 5.41 Å². The van der Waals surface area contributed by atoms with Crippen LogP contribution in [-0.2, 0) is 30.8 Å².